The molecule has 3 heteroatoms. The topological polar surface area (TPSA) is 32.7 Å². The van der Waals surface area contributed by atoms with Crippen molar-refractivity contribution in [1.82, 2.24) is 4.90 Å². The SMILES string of the molecule is COc1ccc(C(C)(C)C)cc1C1(O)CN(Cc2ccccc2)Cc2ccccc21. The summed E-state index contributed by atoms with van der Waals surface area (Å²) in [5.74, 6) is 0.724. The van der Waals surface area contributed by atoms with E-state index < -0.39 is 5.60 Å². The lowest BCUT2D eigenvalue weighted by atomic mass is 9.77. The highest BCUT2D eigenvalue weighted by Gasteiger charge is 2.41. The largest absolute Gasteiger partial charge is 0.496 e. The Morgan fingerprint density at radius 2 is 1.63 bits per heavy atom. The zero-order valence-corrected chi connectivity index (χ0v) is 18.4. The minimum absolute atomic E-state index is 0.0186. The van der Waals surface area contributed by atoms with Crippen LogP contribution in [0.1, 0.15) is 48.6 Å². The van der Waals surface area contributed by atoms with E-state index >= 15 is 0 Å². The van der Waals surface area contributed by atoms with Crippen LogP contribution in [0.3, 0.4) is 0 Å². The van der Waals surface area contributed by atoms with Gasteiger partial charge in [-0.25, -0.2) is 0 Å². The molecule has 1 heterocycles. The molecule has 0 aromatic heterocycles. The maximum Gasteiger partial charge on any atom is 0.131 e. The zero-order chi connectivity index (χ0) is 21.4. The first-order valence-corrected chi connectivity index (χ1v) is 10.6. The summed E-state index contributed by atoms with van der Waals surface area (Å²) in [4.78, 5) is 2.32. The van der Waals surface area contributed by atoms with Crippen molar-refractivity contribution >= 4 is 0 Å². The Balaban J connectivity index is 1.82. The molecule has 3 aromatic rings. The second-order valence-electron chi connectivity index (χ2n) is 9.31. The number of nitrogens with zero attached hydrogens (tertiary/aromatic N) is 1. The van der Waals surface area contributed by atoms with E-state index in [0.29, 0.717) is 6.54 Å². The molecule has 0 saturated heterocycles. The fourth-order valence-electron chi connectivity index (χ4n) is 4.45. The van der Waals surface area contributed by atoms with Crippen LogP contribution in [0, 0.1) is 0 Å². The third-order valence-corrected chi connectivity index (χ3v) is 6.07. The number of methoxy groups -OCH3 is 1. The molecule has 0 amide bonds. The number of aliphatic hydroxyl groups is 1. The van der Waals surface area contributed by atoms with Crippen LogP contribution in [0.4, 0.5) is 0 Å². The second kappa shape index (κ2) is 7.90. The smallest absolute Gasteiger partial charge is 0.131 e. The average Bonchev–Trinajstić information content (AvgIpc) is 2.73. The number of fused-ring (bicyclic) bond motifs is 1. The van der Waals surface area contributed by atoms with E-state index in [-0.39, 0.29) is 5.41 Å². The molecule has 0 saturated carbocycles. The predicted molar refractivity (Wildman–Crippen MR) is 122 cm³/mol. The maximum atomic E-state index is 12.2. The van der Waals surface area contributed by atoms with Gasteiger partial charge in [-0.15, -0.1) is 0 Å². The van der Waals surface area contributed by atoms with Gasteiger partial charge < -0.3 is 9.84 Å². The summed E-state index contributed by atoms with van der Waals surface area (Å²) in [6.07, 6.45) is 0. The number of hydrogen-bond donors (Lipinski definition) is 1. The van der Waals surface area contributed by atoms with Crippen molar-refractivity contribution in [1.29, 1.82) is 0 Å². The number of ether oxygens (including phenoxy) is 1. The van der Waals surface area contributed by atoms with Gasteiger partial charge in [0.25, 0.3) is 0 Å². The van der Waals surface area contributed by atoms with E-state index in [1.807, 2.05) is 24.3 Å². The first kappa shape index (κ1) is 20.6. The van der Waals surface area contributed by atoms with Crippen molar-refractivity contribution in [2.24, 2.45) is 0 Å². The lowest BCUT2D eigenvalue weighted by Gasteiger charge is -2.42. The molecule has 1 unspecified atom stereocenters. The molecule has 156 valence electrons. The molecule has 4 rings (SSSR count). The lowest BCUT2D eigenvalue weighted by molar-refractivity contribution is 0.0136. The minimum Gasteiger partial charge on any atom is -0.496 e. The van der Waals surface area contributed by atoms with Gasteiger partial charge in [0, 0.05) is 25.2 Å². The molecular weight excluding hydrogens is 370 g/mol. The molecule has 3 nitrogen and oxygen atoms in total. The average molecular weight is 402 g/mol. The van der Waals surface area contributed by atoms with E-state index in [2.05, 4.69) is 74.2 Å². The zero-order valence-electron chi connectivity index (χ0n) is 18.4. The molecule has 0 radical (unpaired) electrons. The Kier molecular flexibility index (Phi) is 5.44. The van der Waals surface area contributed by atoms with Crippen molar-refractivity contribution < 1.29 is 9.84 Å². The lowest BCUT2D eigenvalue weighted by Crippen LogP contribution is -2.46. The summed E-state index contributed by atoms with van der Waals surface area (Å²) < 4.78 is 5.72. The van der Waals surface area contributed by atoms with Crippen LogP contribution in [-0.4, -0.2) is 23.7 Å². The molecule has 3 aromatic carbocycles. The summed E-state index contributed by atoms with van der Waals surface area (Å²) in [5, 5.41) is 12.2. The van der Waals surface area contributed by atoms with Crippen LogP contribution in [0.25, 0.3) is 0 Å². The highest BCUT2D eigenvalue weighted by molar-refractivity contribution is 5.51. The molecule has 0 aliphatic carbocycles. The number of hydrogen-bond acceptors (Lipinski definition) is 3. The molecule has 30 heavy (non-hydrogen) atoms. The van der Waals surface area contributed by atoms with E-state index in [1.165, 1.54) is 11.1 Å². The van der Waals surface area contributed by atoms with Gasteiger partial charge in [-0.2, -0.15) is 0 Å². The first-order chi connectivity index (χ1) is 14.3. The Labute approximate surface area is 179 Å². The fraction of sp³-hybridized carbons (Fsp3) is 0.333. The summed E-state index contributed by atoms with van der Waals surface area (Å²) in [5.41, 5.74) is 4.23. The van der Waals surface area contributed by atoms with E-state index in [4.69, 9.17) is 4.74 Å². The van der Waals surface area contributed by atoms with Crippen molar-refractivity contribution in [3.05, 3.63) is 101 Å². The van der Waals surface area contributed by atoms with Gasteiger partial charge in [-0.3, -0.25) is 4.90 Å². The van der Waals surface area contributed by atoms with Crippen LogP contribution in [-0.2, 0) is 24.1 Å². The molecular formula is C27H31NO2. The molecule has 1 aliphatic heterocycles. The van der Waals surface area contributed by atoms with Crippen molar-refractivity contribution in [3.8, 4) is 5.75 Å². The highest BCUT2D eigenvalue weighted by Crippen LogP contribution is 2.43. The highest BCUT2D eigenvalue weighted by atomic mass is 16.5. The maximum absolute atomic E-state index is 12.2. The van der Waals surface area contributed by atoms with Gasteiger partial charge in [0.15, 0.2) is 0 Å². The van der Waals surface area contributed by atoms with Crippen molar-refractivity contribution in [2.75, 3.05) is 13.7 Å². The van der Waals surface area contributed by atoms with Crippen LogP contribution in [0.5, 0.6) is 5.75 Å². The van der Waals surface area contributed by atoms with Gasteiger partial charge in [-0.05, 0) is 39.8 Å². The van der Waals surface area contributed by atoms with Gasteiger partial charge in [0.2, 0.25) is 0 Å². The van der Waals surface area contributed by atoms with E-state index in [9.17, 15) is 5.11 Å². The molecule has 0 spiro atoms. The van der Waals surface area contributed by atoms with Crippen LogP contribution in [0.15, 0.2) is 72.8 Å². The summed E-state index contributed by atoms with van der Waals surface area (Å²) >= 11 is 0. The quantitative estimate of drug-likeness (QED) is 0.649. The van der Waals surface area contributed by atoms with Crippen molar-refractivity contribution in [2.45, 2.75) is 44.9 Å². The van der Waals surface area contributed by atoms with Gasteiger partial charge in [0.1, 0.15) is 11.4 Å². The standard InChI is InChI=1S/C27H31NO2/c1-26(2,3)22-14-15-25(30-4)24(16-22)27(29)19-28(17-20-10-6-5-7-11-20)18-21-12-8-9-13-23(21)27/h5-16,29H,17-19H2,1-4H3. The Hall–Kier alpha value is -2.62. The van der Waals surface area contributed by atoms with Gasteiger partial charge in [0.05, 0.1) is 7.11 Å². The normalized spacial score (nSPS) is 19.4. The van der Waals surface area contributed by atoms with Gasteiger partial charge in [-0.1, -0.05) is 81.4 Å². The second-order valence-corrected chi connectivity index (χ2v) is 9.31. The predicted octanol–water partition coefficient (Wildman–Crippen LogP) is 5.24. The molecule has 1 atom stereocenters. The third kappa shape index (κ3) is 3.88. The number of rotatable bonds is 4. The van der Waals surface area contributed by atoms with Crippen LogP contribution < -0.4 is 4.74 Å². The Bertz CT molecular complexity index is 1020. The molecule has 1 aliphatic rings. The fourth-order valence-corrected chi connectivity index (χ4v) is 4.45. The Morgan fingerprint density at radius 1 is 0.933 bits per heavy atom. The molecule has 0 bridgehead atoms. The van der Waals surface area contributed by atoms with Crippen molar-refractivity contribution in [3.63, 3.8) is 0 Å². The third-order valence-electron chi connectivity index (χ3n) is 6.07. The molecule has 0 fully saturated rings. The number of β-amino-alcohol motifs (C(OH)–C–C–N with tert-alkyl or cyclic N) is 1. The molecule has 1 N–H and O–H groups in total. The van der Waals surface area contributed by atoms with Crippen LogP contribution in [0.2, 0.25) is 0 Å². The van der Waals surface area contributed by atoms with Crippen LogP contribution >= 0.6 is 0 Å². The Morgan fingerprint density at radius 3 is 2.33 bits per heavy atom. The van der Waals surface area contributed by atoms with Gasteiger partial charge >= 0.3 is 0 Å². The summed E-state index contributed by atoms with van der Waals surface area (Å²) in [6, 6.07) is 24.9. The van der Waals surface area contributed by atoms with E-state index in [0.717, 1.165) is 35.5 Å². The monoisotopic (exact) mass is 401 g/mol. The van der Waals surface area contributed by atoms with E-state index in [1.54, 1.807) is 7.11 Å². The summed E-state index contributed by atoms with van der Waals surface area (Å²) in [7, 11) is 1.68. The first-order valence-electron chi connectivity index (χ1n) is 10.6. The number of benzene rings is 3. The summed E-state index contributed by atoms with van der Waals surface area (Å²) in [6.45, 7) is 8.70. The minimum atomic E-state index is -1.14.